The molecule has 0 saturated heterocycles. The molecule has 0 fully saturated rings. The molecule has 1 amide bonds. The Morgan fingerprint density at radius 1 is 1.45 bits per heavy atom. The average molecular weight is 274 g/mol. The maximum absolute atomic E-state index is 11.9. The predicted molar refractivity (Wildman–Crippen MR) is 74.5 cm³/mol. The molecule has 0 bridgehead atoms. The predicted octanol–water partition coefficient (Wildman–Crippen LogP) is 0.473. The van der Waals surface area contributed by atoms with Gasteiger partial charge < -0.3 is 15.8 Å². The lowest BCUT2D eigenvalue weighted by Crippen LogP contribution is -2.27. The summed E-state index contributed by atoms with van der Waals surface area (Å²) >= 11 is 0. The first kappa shape index (κ1) is 13.6. The minimum atomic E-state index is -0.371. The number of amides is 1. The Morgan fingerprint density at radius 2 is 2.25 bits per heavy atom. The summed E-state index contributed by atoms with van der Waals surface area (Å²) in [5.74, 6) is 0.120. The summed E-state index contributed by atoms with van der Waals surface area (Å²) < 4.78 is 6.33. The second-order valence-electron chi connectivity index (χ2n) is 4.05. The van der Waals surface area contributed by atoms with E-state index in [-0.39, 0.29) is 18.0 Å². The number of hydrogen-bond acceptors (Lipinski definition) is 5. The maximum atomic E-state index is 11.9. The SMILES string of the molecule is COc1ccc(N)cc1NC(=O)Cn1cnccc1=O. The number of benzene rings is 1. The largest absolute Gasteiger partial charge is 0.495 e. The zero-order valence-electron chi connectivity index (χ0n) is 10.9. The molecule has 1 aromatic carbocycles. The molecule has 0 aliphatic heterocycles. The Hall–Kier alpha value is -2.83. The van der Waals surface area contributed by atoms with Crippen LogP contribution in [0.1, 0.15) is 0 Å². The number of methoxy groups -OCH3 is 1. The molecule has 7 heteroatoms. The van der Waals surface area contributed by atoms with Gasteiger partial charge in [-0.1, -0.05) is 0 Å². The van der Waals surface area contributed by atoms with E-state index in [1.807, 2.05) is 0 Å². The highest BCUT2D eigenvalue weighted by atomic mass is 16.5. The Kier molecular flexibility index (Phi) is 3.99. The molecule has 1 heterocycles. The molecule has 0 spiro atoms. The molecule has 2 rings (SSSR count). The molecule has 1 aromatic heterocycles. The topological polar surface area (TPSA) is 99.2 Å². The van der Waals surface area contributed by atoms with Gasteiger partial charge in [-0.05, 0) is 18.2 Å². The third-order valence-electron chi connectivity index (χ3n) is 2.60. The molecule has 104 valence electrons. The number of anilines is 2. The van der Waals surface area contributed by atoms with Crippen molar-refractivity contribution < 1.29 is 9.53 Å². The van der Waals surface area contributed by atoms with Gasteiger partial charge in [-0.3, -0.25) is 14.2 Å². The number of nitrogen functional groups attached to an aromatic ring is 1. The van der Waals surface area contributed by atoms with Crippen LogP contribution in [0, 0.1) is 0 Å². The van der Waals surface area contributed by atoms with Crippen LogP contribution in [-0.2, 0) is 11.3 Å². The van der Waals surface area contributed by atoms with Gasteiger partial charge in [0.2, 0.25) is 5.91 Å². The summed E-state index contributed by atoms with van der Waals surface area (Å²) in [6, 6.07) is 6.19. The van der Waals surface area contributed by atoms with Crippen molar-refractivity contribution in [2.45, 2.75) is 6.54 Å². The zero-order chi connectivity index (χ0) is 14.5. The highest BCUT2D eigenvalue weighted by Gasteiger charge is 2.09. The summed E-state index contributed by atoms with van der Waals surface area (Å²) in [6.07, 6.45) is 2.68. The summed E-state index contributed by atoms with van der Waals surface area (Å²) in [5.41, 5.74) is 6.32. The lowest BCUT2D eigenvalue weighted by atomic mass is 10.2. The maximum Gasteiger partial charge on any atom is 0.253 e. The van der Waals surface area contributed by atoms with E-state index >= 15 is 0 Å². The monoisotopic (exact) mass is 274 g/mol. The zero-order valence-corrected chi connectivity index (χ0v) is 10.9. The Bertz CT molecular complexity index is 681. The fourth-order valence-corrected chi connectivity index (χ4v) is 1.66. The highest BCUT2D eigenvalue weighted by molar-refractivity contribution is 5.92. The molecule has 0 unspecified atom stereocenters. The van der Waals surface area contributed by atoms with E-state index in [2.05, 4.69) is 10.3 Å². The van der Waals surface area contributed by atoms with Gasteiger partial charge in [-0.2, -0.15) is 0 Å². The number of ether oxygens (including phenoxy) is 1. The molecular weight excluding hydrogens is 260 g/mol. The number of hydrogen-bond donors (Lipinski definition) is 2. The second kappa shape index (κ2) is 5.87. The van der Waals surface area contributed by atoms with Crippen molar-refractivity contribution >= 4 is 17.3 Å². The summed E-state index contributed by atoms with van der Waals surface area (Å²) in [6.45, 7) is -0.134. The number of nitrogens with one attached hydrogen (secondary N) is 1. The standard InChI is InChI=1S/C13H14N4O3/c1-20-11-3-2-9(14)6-10(11)16-12(18)7-17-8-15-5-4-13(17)19/h2-6,8H,7,14H2,1H3,(H,16,18). The summed E-state index contributed by atoms with van der Waals surface area (Å²) in [5, 5.41) is 2.65. The van der Waals surface area contributed by atoms with Crippen molar-refractivity contribution in [2.75, 3.05) is 18.2 Å². The fraction of sp³-hybridized carbons (Fsp3) is 0.154. The van der Waals surface area contributed by atoms with Crippen molar-refractivity contribution in [1.82, 2.24) is 9.55 Å². The van der Waals surface area contributed by atoms with E-state index in [1.165, 1.54) is 30.3 Å². The van der Waals surface area contributed by atoms with Crippen LogP contribution in [0.15, 0.2) is 41.6 Å². The van der Waals surface area contributed by atoms with Crippen LogP contribution in [0.4, 0.5) is 11.4 Å². The van der Waals surface area contributed by atoms with Gasteiger partial charge in [0.15, 0.2) is 0 Å². The van der Waals surface area contributed by atoms with E-state index in [0.29, 0.717) is 17.1 Å². The second-order valence-corrected chi connectivity index (χ2v) is 4.05. The fourth-order valence-electron chi connectivity index (χ4n) is 1.66. The van der Waals surface area contributed by atoms with Gasteiger partial charge in [-0.25, -0.2) is 4.98 Å². The number of aromatic nitrogens is 2. The normalized spacial score (nSPS) is 10.1. The molecule has 0 radical (unpaired) electrons. The minimum Gasteiger partial charge on any atom is -0.495 e. The van der Waals surface area contributed by atoms with Crippen LogP contribution in [0.25, 0.3) is 0 Å². The Labute approximate surface area is 115 Å². The van der Waals surface area contributed by atoms with Gasteiger partial charge in [0, 0.05) is 18.0 Å². The van der Waals surface area contributed by atoms with Gasteiger partial charge in [-0.15, -0.1) is 0 Å². The number of nitrogens with two attached hydrogens (primary N) is 1. The van der Waals surface area contributed by atoms with Crippen molar-refractivity contribution in [3.63, 3.8) is 0 Å². The van der Waals surface area contributed by atoms with Crippen molar-refractivity contribution in [3.8, 4) is 5.75 Å². The summed E-state index contributed by atoms with van der Waals surface area (Å²) in [4.78, 5) is 27.2. The van der Waals surface area contributed by atoms with Crippen LogP contribution in [0.3, 0.4) is 0 Å². The van der Waals surface area contributed by atoms with Gasteiger partial charge in [0.25, 0.3) is 5.56 Å². The van der Waals surface area contributed by atoms with E-state index in [4.69, 9.17) is 10.5 Å². The molecule has 0 atom stereocenters. The van der Waals surface area contributed by atoms with Crippen LogP contribution in [0.5, 0.6) is 5.75 Å². The lowest BCUT2D eigenvalue weighted by molar-refractivity contribution is -0.116. The number of nitrogens with zero attached hydrogens (tertiary/aromatic N) is 2. The number of carbonyl (C=O) groups excluding carboxylic acids is 1. The van der Waals surface area contributed by atoms with Crippen LogP contribution < -0.4 is 21.3 Å². The van der Waals surface area contributed by atoms with Crippen molar-refractivity contribution in [1.29, 1.82) is 0 Å². The Morgan fingerprint density at radius 3 is 2.95 bits per heavy atom. The first-order valence-corrected chi connectivity index (χ1v) is 5.84. The van der Waals surface area contributed by atoms with Crippen LogP contribution in [-0.4, -0.2) is 22.6 Å². The number of rotatable bonds is 4. The van der Waals surface area contributed by atoms with Crippen molar-refractivity contribution in [3.05, 3.63) is 47.1 Å². The van der Waals surface area contributed by atoms with Crippen molar-refractivity contribution in [2.24, 2.45) is 0 Å². The van der Waals surface area contributed by atoms with E-state index in [9.17, 15) is 9.59 Å². The third-order valence-corrected chi connectivity index (χ3v) is 2.60. The molecule has 0 aliphatic carbocycles. The van der Waals surface area contributed by atoms with Gasteiger partial charge in [0.05, 0.1) is 19.1 Å². The molecule has 20 heavy (non-hydrogen) atoms. The molecule has 0 saturated carbocycles. The van der Waals surface area contributed by atoms with Crippen LogP contribution >= 0.6 is 0 Å². The minimum absolute atomic E-state index is 0.134. The lowest BCUT2D eigenvalue weighted by Gasteiger charge is -2.11. The first-order valence-electron chi connectivity index (χ1n) is 5.84. The van der Waals surface area contributed by atoms with E-state index < -0.39 is 0 Å². The van der Waals surface area contributed by atoms with E-state index in [0.717, 1.165) is 0 Å². The molecule has 3 N–H and O–H groups in total. The quantitative estimate of drug-likeness (QED) is 0.790. The van der Waals surface area contributed by atoms with Gasteiger partial charge in [0.1, 0.15) is 12.3 Å². The van der Waals surface area contributed by atoms with Gasteiger partial charge >= 0.3 is 0 Å². The molecule has 0 aliphatic rings. The molecular formula is C13H14N4O3. The molecule has 2 aromatic rings. The highest BCUT2D eigenvalue weighted by Crippen LogP contribution is 2.26. The van der Waals surface area contributed by atoms with E-state index in [1.54, 1.807) is 18.2 Å². The molecule has 7 nitrogen and oxygen atoms in total. The summed E-state index contributed by atoms with van der Waals surface area (Å²) in [7, 11) is 1.49. The van der Waals surface area contributed by atoms with Crippen LogP contribution in [0.2, 0.25) is 0 Å². The number of carbonyl (C=O) groups is 1. The smallest absolute Gasteiger partial charge is 0.253 e. The first-order chi connectivity index (χ1) is 9.60. The Balaban J connectivity index is 2.14. The average Bonchev–Trinajstić information content (AvgIpc) is 2.41. The third kappa shape index (κ3) is 3.14.